The van der Waals surface area contributed by atoms with Crippen LogP contribution in [-0.2, 0) is 6.42 Å². The Hall–Kier alpha value is -0.940. The maximum Gasteiger partial charge on any atom is 0.266 e. The number of pyridine rings is 1. The second-order valence-electron chi connectivity index (χ2n) is 3.16. The molecule has 0 bridgehead atoms. The molecule has 0 aliphatic heterocycles. The van der Waals surface area contributed by atoms with E-state index in [9.17, 15) is 0 Å². The lowest BCUT2D eigenvalue weighted by Crippen LogP contribution is -1.85. The van der Waals surface area contributed by atoms with E-state index in [0.29, 0.717) is 29.8 Å². The number of aromatic nitrogens is 3. The Bertz CT molecular complexity index is 457. The average molecular weight is 303 g/mol. The number of halogens is 2. The van der Waals surface area contributed by atoms with Gasteiger partial charge in [-0.15, -0.1) is 21.8 Å². The number of alkyl halides is 1. The summed E-state index contributed by atoms with van der Waals surface area (Å²) >= 11 is 8.90. The first kappa shape index (κ1) is 11.5. The van der Waals surface area contributed by atoms with Crippen LogP contribution in [0, 0.1) is 0 Å². The fraction of sp³-hybridized carbons (Fsp3) is 0.300. The highest BCUT2D eigenvalue weighted by Crippen LogP contribution is 2.17. The van der Waals surface area contributed by atoms with Crippen molar-refractivity contribution < 1.29 is 4.42 Å². The van der Waals surface area contributed by atoms with Gasteiger partial charge in [0.1, 0.15) is 5.69 Å². The van der Waals surface area contributed by atoms with Crippen molar-refractivity contribution in [2.75, 3.05) is 5.88 Å². The smallest absolute Gasteiger partial charge is 0.266 e. The summed E-state index contributed by atoms with van der Waals surface area (Å²) in [6, 6.07) is 3.70. The third-order valence-electron chi connectivity index (χ3n) is 1.94. The molecule has 0 saturated carbocycles. The fourth-order valence-corrected chi connectivity index (χ4v) is 1.55. The molecule has 2 aromatic rings. The topological polar surface area (TPSA) is 51.8 Å². The summed E-state index contributed by atoms with van der Waals surface area (Å²) in [5, 5.41) is 7.86. The van der Waals surface area contributed by atoms with Gasteiger partial charge in [0.05, 0.1) is 0 Å². The molecule has 0 aromatic carbocycles. The third kappa shape index (κ3) is 2.80. The van der Waals surface area contributed by atoms with Crippen LogP contribution in [-0.4, -0.2) is 21.1 Å². The van der Waals surface area contributed by atoms with Crippen LogP contribution in [0.1, 0.15) is 12.3 Å². The average Bonchev–Trinajstić information content (AvgIpc) is 2.76. The maximum absolute atomic E-state index is 5.59. The molecule has 0 saturated heterocycles. The van der Waals surface area contributed by atoms with Crippen molar-refractivity contribution in [3.8, 4) is 11.6 Å². The van der Waals surface area contributed by atoms with E-state index in [1.807, 2.05) is 12.1 Å². The highest BCUT2D eigenvalue weighted by Gasteiger charge is 2.08. The minimum Gasteiger partial charge on any atom is -0.419 e. The molecule has 0 fully saturated rings. The molecule has 0 spiro atoms. The molecule has 0 unspecified atom stereocenters. The second kappa shape index (κ2) is 5.41. The van der Waals surface area contributed by atoms with Crippen LogP contribution in [0.2, 0.25) is 0 Å². The Kier molecular flexibility index (Phi) is 3.90. The van der Waals surface area contributed by atoms with Crippen molar-refractivity contribution in [3.05, 3.63) is 28.7 Å². The maximum atomic E-state index is 5.59. The van der Waals surface area contributed by atoms with Crippen LogP contribution in [0.4, 0.5) is 0 Å². The summed E-state index contributed by atoms with van der Waals surface area (Å²) in [6.45, 7) is 0. The van der Waals surface area contributed by atoms with Crippen LogP contribution >= 0.6 is 27.5 Å². The van der Waals surface area contributed by atoms with E-state index < -0.39 is 0 Å². The van der Waals surface area contributed by atoms with Crippen LogP contribution in [0.3, 0.4) is 0 Å². The second-order valence-corrected chi connectivity index (χ2v) is 4.45. The van der Waals surface area contributed by atoms with E-state index in [-0.39, 0.29) is 0 Å². The molecule has 16 heavy (non-hydrogen) atoms. The summed E-state index contributed by atoms with van der Waals surface area (Å²) < 4.78 is 6.37. The van der Waals surface area contributed by atoms with Crippen LogP contribution in [0.5, 0.6) is 0 Å². The van der Waals surface area contributed by atoms with Crippen molar-refractivity contribution >= 4 is 27.5 Å². The van der Waals surface area contributed by atoms with Crippen molar-refractivity contribution in [1.82, 2.24) is 15.2 Å². The summed E-state index contributed by atoms with van der Waals surface area (Å²) in [5.74, 6) is 1.63. The van der Waals surface area contributed by atoms with Gasteiger partial charge >= 0.3 is 0 Å². The van der Waals surface area contributed by atoms with Crippen molar-refractivity contribution in [1.29, 1.82) is 0 Å². The predicted octanol–water partition coefficient (Wildman–Crippen LogP) is 3.07. The summed E-state index contributed by atoms with van der Waals surface area (Å²) in [4.78, 5) is 4.17. The number of nitrogens with zero attached hydrogens (tertiary/aromatic N) is 3. The van der Waals surface area contributed by atoms with Gasteiger partial charge in [0.25, 0.3) is 5.89 Å². The zero-order chi connectivity index (χ0) is 11.4. The molecule has 0 aliphatic rings. The largest absolute Gasteiger partial charge is 0.419 e. The molecule has 0 atom stereocenters. The van der Waals surface area contributed by atoms with E-state index in [0.717, 1.165) is 10.9 Å². The molecule has 0 radical (unpaired) electrons. The van der Waals surface area contributed by atoms with E-state index in [1.54, 1.807) is 6.20 Å². The van der Waals surface area contributed by atoms with E-state index in [4.69, 9.17) is 16.0 Å². The molecule has 0 amide bonds. The lowest BCUT2D eigenvalue weighted by molar-refractivity contribution is 0.501. The first-order valence-electron chi connectivity index (χ1n) is 4.80. The van der Waals surface area contributed by atoms with Crippen molar-refractivity contribution in [3.63, 3.8) is 0 Å². The van der Waals surface area contributed by atoms with Gasteiger partial charge in [-0.3, -0.25) is 0 Å². The molecule has 2 rings (SSSR count). The summed E-state index contributed by atoms with van der Waals surface area (Å²) in [6.07, 6.45) is 3.22. The summed E-state index contributed by atoms with van der Waals surface area (Å²) in [5.41, 5.74) is 0.674. The predicted molar refractivity (Wildman–Crippen MR) is 64.3 cm³/mol. The number of hydrogen-bond acceptors (Lipinski definition) is 4. The quantitative estimate of drug-likeness (QED) is 0.815. The molecule has 2 heterocycles. The Morgan fingerprint density at radius 2 is 2.19 bits per heavy atom. The Morgan fingerprint density at radius 1 is 1.31 bits per heavy atom. The zero-order valence-corrected chi connectivity index (χ0v) is 10.7. The van der Waals surface area contributed by atoms with Gasteiger partial charge in [0.15, 0.2) is 0 Å². The lowest BCUT2D eigenvalue weighted by Gasteiger charge is -1.93. The zero-order valence-electron chi connectivity index (χ0n) is 8.36. The first-order valence-corrected chi connectivity index (χ1v) is 6.12. The fourth-order valence-electron chi connectivity index (χ4n) is 1.18. The molecule has 4 nitrogen and oxygen atoms in total. The van der Waals surface area contributed by atoms with Gasteiger partial charge in [-0.25, -0.2) is 4.98 Å². The molecule has 2 aromatic heterocycles. The normalized spacial score (nSPS) is 10.6. The lowest BCUT2D eigenvalue weighted by atomic mass is 10.3. The Labute approximate surface area is 106 Å². The Morgan fingerprint density at radius 3 is 2.88 bits per heavy atom. The molecular formula is C10H9BrClN3O. The minimum atomic E-state index is 0.442. The number of rotatable bonds is 4. The highest BCUT2D eigenvalue weighted by atomic mass is 79.9. The van der Waals surface area contributed by atoms with Gasteiger partial charge < -0.3 is 4.42 Å². The van der Waals surface area contributed by atoms with E-state index >= 15 is 0 Å². The summed E-state index contributed by atoms with van der Waals surface area (Å²) in [7, 11) is 0. The molecule has 84 valence electrons. The number of aryl methyl sites for hydroxylation is 1. The standard InChI is InChI=1S/C10H9BrClN3O/c11-7-3-4-8(13-6-7)10-15-14-9(16-10)2-1-5-12/h3-4,6H,1-2,5H2. The SMILES string of the molecule is ClCCCc1nnc(-c2ccc(Br)cn2)o1. The van der Waals surface area contributed by atoms with Crippen molar-refractivity contribution in [2.45, 2.75) is 12.8 Å². The van der Waals surface area contributed by atoms with Gasteiger partial charge in [-0.05, 0) is 34.5 Å². The van der Waals surface area contributed by atoms with Crippen LogP contribution in [0.25, 0.3) is 11.6 Å². The third-order valence-corrected chi connectivity index (χ3v) is 2.67. The first-order chi connectivity index (χ1) is 7.79. The van der Waals surface area contributed by atoms with E-state index in [2.05, 4.69) is 31.1 Å². The molecule has 6 heteroatoms. The Balaban J connectivity index is 2.15. The molecular weight excluding hydrogens is 293 g/mol. The van der Waals surface area contributed by atoms with Crippen LogP contribution in [0.15, 0.2) is 27.2 Å². The van der Waals surface area contributed by atoms with Crippen LogP contribution < -0.4 is 0 Å². The van der Waals surface area contributed by atoms with Gasteiger partial charge in [0.2, 0.25) is 5.89 Å². The molecule has 0 aliphatic carbocycles. The van der Waals surface area contributed by atoms with Crippen molar-refractivity contribution in [2.24, 2.45) is 0 Å². The van der Waals surface area contributed by atoms with E-state index in [1.165, 1.54) is 0 Å². The van der Waals surface area contributed by atoms with Gasteiger partial charge in [-0.2, -0.15) is 0 Å². The number of hydrogen-bond donors (Lipinski definition) is 0. The minimum absolute atomic E-state index is 0.442. The highest BCUT2D eigenvalue weighted by molar-refractivity contribution is 9.10. The van der Waals surface area contributed by atoms with Gasteiger partial charge in [0, 0.05) is 23.0 Å². The van der Waals surface area contributed by atoms with Gasteiger partial charge in [-0.1, -0.05) is 0 Å². The molecule has 0 N–H and O–H groups in total. The monoisotopic (exact) mass is 301 g/mol.